The standard InChI is InChI=1S/C6H14N2S2/c1-9-5-3-7-4-6(8-5)10-2/h5-8H,3-4H2,1-2H3. The van der Waals surface area contributed by atoms with Gasteiger partial charge in [0, 0.05) is 13.1 Å². The van der Waals surface area contributed by atoms with Crippen molar-refractivity contribution in [2.75, 3.05) is 25.6 Å². The fourth-order valence-corrected chi connectivity index (χ4v) is 2.23. The Balaban J connectivity index is 2.25. The van der Waals surface area contributed by atoms with Crippen LogP contribution >= 0.6 is 23.5 Å². The molecule has 2 nitrogen and oxygen atoms in total. The molecule has 10 heavy (non-hydrogen) atoms. The molecule has 0 saturated carbocycles. The van der Waals surface area contributed by atoms with Crippen molar-refractivity contribution in [3.05, 3.63) is 0 Å². The highest BCUT2D eigenvalue weighted by molar-refractivity contribution is 8.00. The maximum Gasteiger partial charge on any atom is 0.0664 e. The van der Waals surface area contributed by atoms with Gasteiger partial charge in [-0.05, 0) is 12.5 Å². The second kappa shape index (κ2) is 4.49. The van der Waals surface area contributed by atoms with Gasteiger partial charge in [-0.15, -0.1) is 23.5 Å². The summed E-state index contributed by atoms with van der Waals surface area (Å²) in [5.74, 6) is 0. The normalized spacial score (nSPS) is 34.2. The van der Waals surface area contributed by atoms with Gasteiger partial charge in [-0.2, -0.15) is 0 Å². The van der Waals surface area contributed by atoms with Crippen LogP contribution in [0.2, 0.25) is 0 Å². The van der Waals surface area contributed by atoms with E-state index >= 15 is 0 Å². The van der Waals surface area contributed by atoms with Gasteiger partial charge in [-0.3, -0.25) is 5.32 Å². The minimum atomic E-state index is 0.603. The first kappa shape index (κ1) is 8.71. The molecule has 0 amide bonds. The van der Waals surface area contributed by atoms with Crippen LogP contribution in [0.3, 0.4) is 0 Å². The summed E-state index contributed by atoms with van der Waals surface area (Å²) in [6.45, 7) is 2.19. The number of nitrogens with one attached hydrogen (secondary N) is 2. The van der Waals surface area contributed by atoms with Gasteiger partial charge >= 0.3 is 0 Å². The van der Waals surface area contributed by atoms with Crippen LogP contribution in [0.4, 0.5) is 0 Å². The molecule has 4 heteroatoms. The lowest BCUT2D eigenvalue weighted by molar-refractivity contribution is 0.482. The molecule has 0 aliphatic carbocycles. The molecule has 1 saturated heterocycles. The fraction of sp³-hybridized carbons (Fsp3) is 1.00. The molecule has 0 aromatic rings. The van der Waals surface area contributed by atoms with E-state index in [4.69, 9.17) is 0 Å². The first-order chi connectivity index (χ1) is 4.86. The average Bonchev–Trinajstić information content (AvgIpc) is 2.05. The van der Waals surface area contributed by atoms with Crippen molar-refractivity contribution in [2.24, 2.45) is 0 Å². The van der Waals surface area contributed by atoms with E-state index < -0.39 is 0 Å². The lowest BCUT2D eigenvalue weighted by Gasteiger charge is -2.29. The second-order valence-corrected chi connectivity index (χ2v) is 4.35. The molecule has 1 aliphatic rings. The summed E-state index contributed by atoms with van der Waals surface area (Å²) in [5, 5.41) is 8.10. The van der Waals surface area contributed by atoms with E-state index in [0.29, 0.717) is 10.7 Å². The topological polar surface area (TPSA) is 24.1 Å². The fourth-order valence-electron chi connectivity index (χ4n) is 0.973. The smallest absolute Gasteiger partial charge is 0.0664 e. The van der Waals surface area contributed by atoms with E-state index in [1.54, 1.807) is 0 Å². The average molecular weight is 178 g/mol. The van der Waals surface area contributed by atoms with Crippen molar-refractivity contribution in [3.63, 3.8) is 0 Å². The molecule has 1 heterocycles. The van der Waals surface area contributed by atoms with E-state index in [9.17, 15) is 0 Å². The Labute approximate surface area is 70.9 Å². The van der Waals surface area contributed by atoms with E-state index in [1.807, 2.05) is 23.5 Å². The quantitative estimate of drug-likeness (QED) is 0.645. The highest BCUT2D eigenvalue weighted by atomic mass is 32.2. The molecule has 1 aliphatic heterocycles. The van der Waals surface area contributed by atoms with Gasteiger partial charge in [0.25, 0.3) is 0 Å². The molecular weight excluding hydrogens is 164 g/mol. The van der Waals surface area contributed by atoms with Gasteiger partial charge in [0.1, 0.15) is 0 Å². The van der Waals surface area contributed by atoms with Crippen molar-refractivity contribution in [1.29, 1.82) is 0 Å². The Kier molecular flexibility index (Phi) is 3.91. The summed E-state index contributed by atoms with van der Waals surface area (Å²) in [4.78, 5) is 0. The summed E-state index contributed by atoms with van der Waals surface area (Å²) < 4.78 is 0. The molecule has 0 spiro atoms. The van der Waals surface area contributed by atoms with Crippen LogP contribution in [0.25, 0.3) is 0 Å². The minimum Gasteiger partial charge on any atom is -0.312 e. The first-order valence-corrected chi connectivity index (χ1v) is 5.96. The van der Waals surface area contributed by atoms with Crippen LogP contribution in [-0.4, -0.2) is 36.3 Å². The predicted octanol–water partition coefficient (Wildman–Crippen LogP) is 0.557. The summed E-state index contributed by atoms with van der Waals surface area (Å²) in [6, 6.07) is 0. The Morgan fingerprint density at radius 2 is 1.60 bits per heavy atom. The number of hydrogen-bond donors (Lipinski definition) is 2. The van der Waals surface area contributed by atoms with E-state index in [1.165, 1.54) is 0 Å². The zero-order valence-corrected chi connectivity index (χ0v) is 8.02. The second-order valence-electron chi connectivity index (χ2n) is 2.27. The molecule has 0 aromatic heterocycles. The Hall–Kier alpha value is 0.620. The van der Waals surface area contributed by atoms with Gasteiger partial charge in [0.05, 0.1) is 10.7 Å². The summed E-state index contributed by atoms with van der Waals surface area (Å²) in [6.07, 6.45) is 4.28. The number of hydrogen-bond acceptors (Lipinski definition) is 4. The predicted molar refractivity (Wildman–Crippen MR) is 50.6 cm³/mol. The highest BCUT2D eigenvalue weighted by Crippen LogP contribution is 2.11. The largest absolute Gasteiger partial charge is 0.312 e. The first-order valence-electron chi connectivity index (χ1n) is 3.39. The maximum atomic E-state index is 3.52. The molecule has 2 unspecified atom stereocenters. The zero-order chi connectivity index (χ0) is 7.40. The number of rotatable bonds is 2. The van der Waals surface area contributed by atoms with E-state index in [2.05, 4.69) is 23.1 Å². The molecule has 1 fully saturated rings. The van der Waals surface area contributed by atoms with Crippen LogP contribution in [0.5, 0.6) is 0 Å². The van der Waals surface area contributed by atoms with Crippen LogP contribution in [0.1, 0.15) is 0 Å². The van der Waals surface area contributed by atoms with E-state index in [-0.39, 0.29) is 0 Å². The van der Waals surface area contributed by atoms with Gasteiger partial charge in [-0.1, -0.05) is 0 Å². The molecule has 0 bridgehead atoms. The molecule has 2 atom stereocenters. The number of piperazine rings is 1. The summed E-state index contributed by atoms with van der Waals surface area (Å²) >= 11 is 3.76. The lowest BCUT2D eigenvalue weighted by Crippen LogP contribution is -2.51. The molecule has 1 rings (SSSR count). The van der Waals surface area contributed by atoms with Crippen LogP contribution in [0, 0.1) is 0 Å². The third-order valence-electron chi connectivity index (χ3n) is 1.60. The Morgan fingerprint density at radius 3 is 2.00 bits per heavy atom. The van der Waals surface area contributed by atoms with Crippen molar-refractivity contribution in [3.8, 4) is 0 Å². The summed E-state index contributed by atoms with van der Waals surface area (Å²) in [5.41, 5.74) is 0. The molecule has 60 valence electrons. The van der Waals surface area contributed by atoms with Crippen LogP contribution < -0.4 is 10.6 Å². The zero-order valence-electron chi connectivity index (χ0n) is 6.39. The van der Waals surface area contributed by atoms with Gasteiger partial charge < -0.3 is 5.32 Å². The molecule has 2 N–H and O–H groups in total. The van der Waals surface area contributed by atoms with Crippen molar-refractivity contribution in [1.82, 2.24) is 10.6 Å². The van der Waals surface area contributed by atoms with Crippen molar-refractivity contribution >= 4 is 23.5 Å². The third-order valence-corrected chi connectivity index (χ3v) is 3.34. The van der Waals surface area contributed by atoms with Gasteiger partial charge in [0.2, 0.25) is 0 Å². The van der Waals surface area contributed by atoms with Crippen LogP contribution in [-0.2, 0) is 0 Å². The number of thioether (sulfide) groups is 2. The molecular formula is C6H14N2S2. The molecule has 0 aromatic carbocycles. The maximum absolute atomic E-state index is 3.52. The van der Waals surface area contributed by atoms with Crippen molar-refractivity contribution in [2.45, 2.75) is 10.7 Å². The van der Waals surface area contributed by atoms with Crippen LogP contribution in [0.15, 0.2) is 0 Å². The van der Waals surface area contributed by atoms with E-state index in [0.717, 1.165) is 13.1 Å². The monoisotopic (exact) mass is 178 g/mol. The Morgan fingerprint density at radius 1 is 1.10 bits per heavy atom. The summed E-state index contributed by atoms with van der Waals surface area (Å²) in [7, 11) is 0. The highest BCUT2D eigenvalue weighted by Gasteiger charge is 2.17. The van der Waals surface area contributed by atoms with Crippen molar-refractivity contribution < 1.29 is 0 Å². The lowest BCUT2D eigenvalue weighted by atomic mass is 10.4. The Bertz CT molecular complexity index is 89.7. The minimum absolute atomic E-state index is 0.603. The molecule has 0 radical (unpaired) electrons. The van der Waals surface area contributed by atoms with Gasteiger partial charge in [-0.25, -0.2) is 0 Å². The SMILES string of the molecule is CSC1CNCC(SC)N1. The third kappa shape index (κ3) is 2.34. The van der Waals surface area contributed by atoms with Gasteiger partial charge in [0.15, 0.2) is 0 Å².